The van der Waals surface area contributed by atoms with E-state index in [0.717, 1.165) is 46.2 Å². The topological polar surface area (TPSA) is 108 Å². The van der Waals surface area contributed by atoms with Crippen molar-refractivity contribution in [2.45, 2.75) is 46.1 Å². The summed E-state index contributed by atoms with van der Waals surface area (Å²) in [5.41, 5.74) is 2.94. The molecule has 0 radical (unpaired) electrons. The largest absolute Gasteiger partial charge is 0.462 e. The summed E-state index contributed by atoms with van der Waals surface area (Å²) >= 11 is 1.39. The summed E-state index contributed by atoms with van der Waals surface area (Å²) in [5, 5.41) is 22.9. The van der Waals surface area contributed by atoms with Crippen LogP contribution in [0.2, 0.25) is 0 Å². The average Bonchev–Trinajstić information content (AvgIpc) is 3.38. The molecule has 0 spiro atoms. The number of carbonyl (C=O) groups is 2. The molecular formula is C27H26N4O3S. The molecule has 3 aromatic rings. The molecule has 1 amide bonds. The number of hydrogen-bond donors (Lipinski definition) is 1. The third-order valence-corrected chi connectivity index (χ3v) is 7.34. The van der Waals surface area contributed by atoms with Gasteiger partial charge in [-0.2, -0.15) is 10.5 Å². The van der Waals surface area contributed by atoms with Crippen LogP contribution in [0, 0.1) is 28.6 Å². The fourth-order valence-corrected chi connectivity index (χ4v) is 5.87. The molecule has 2 heterocycles. The highest BCUT2D eigenvalue weighted by Crippen LogP contribution is 2.40. The fourth-order valence-electron chi connectivity index (χ4n) is 4.48. The lowest BCUT2D eigenvalue weighted by Crippen LogP contribution is -2.17. The van der Waals surface area contributed by atoms with E-state index < -0.39 is 11.9 Å². The van der Waals surface area contributed by atoms with Gasteiger partial charge in [0, 0.05) is 34.1 Å². The highest BCUT2D eigenvalue weighted by molar-refractivity contribution is 7.17. The van der Waals surface area contributed by atoms with E-state index in [1.54, 1.807) is 13.0 Å². The van der Waals surface area contributed by atoms with Crippen molar-refractivity contribution >= 4 is 45.2 Å². The highest BCUT2D eigenvalue weighted by Gasteiger charge is 2.29. The van der Waals surface area contributed by atoms with Crippen molar-refractivity contribution in [3.8, 4) is 12.1 Å². The van der Waals surface area contributed by atoms with Crippen LogP contribution in [0.5, 0.6) is 0 Å². The SMILES string of the molecule is CCOC(=O)c1c(NC(=O)/C(C#N)=C/c2cn(CCC#N)c3ccccc23)sc2c1CC[C@@H](C)C2. The number of nitriles is 2. The second-order valence-electron chi connectivity index (χ2n) is 8.60. The Bertz CT molecular complexity index is 1400. The number of hydrogen-bond acceptors (Lipinski definition) is 6. The lowest BCUT2D eigenvalue weighted by atomic mass is 9.88. The quantitative estimate of drug-likeness (QED) is 0.271. The number of amides is 1. The number of fused-ring (bicyclic) bond motifs is 2. The summed E-state index contributed by atoms with van der Waals surface area (Å²) in [7, 11) is 0. The summed E-state index contributed by atoms with van der Waals surface area (Å²) in [6.45, 7) is 4.68. The van der Waals surface area contributed by atoms with Gasteiger partial charge in [-0.1, -0.05) is 25.1 Å². The maximum atomic E-state index is 13.2. The van der Waals surface area contributed by atoms with Crippen LogP contribution in [0.15, 0.2) is 36.0 Å². The molecule has 1 aliphatic rings. The zero-order valence-electron chi connectivity index (χ0n) is 19.8. The van der Waals surface area contributed by atoms with Gasteiger partial charge in [0.1, 0.15) is 16.6 Å². The van der Waals surface area contributed by atoms with Crippen molar-refractivity contribution in [2.24, 2.45) is 5.92 Å². The first-order valence-electron chi connectivity index (χ1n) is 11.7. The van der Waals surface area contributed by atoms with Gasteiger partial charge in [0.25, 0.3) is 5.91 Å². The Hall–Kier alpha value is -3.88. The minimum absolute atomic E-state index is 0.0669. The maximum Gasteiger partial charge on any atom is 0.341 e. The Balaban J connectivity index is 1.68. The van der Waals surface area contributed by atoms with Gasteiger partial charge in [-0.15, -0.1) is 11.3 Å². The molecule has 0 saturated heterocycles. The number of ether oxygens (including phenoxy) is 1. The van der Waals surface area contributed by atoms with Crippen LogP contribution in [0.25, 0.3) is 17.0 Å². The standard InChI is InChI=1S/C27H26N4O3S/c1-3-34-27(33)24-21-10-9-17(2)13-23(21)35-26(24)30-25(32)18(15-29)14-19-16-31(12-6-11-28)22-8-5-4-7-20(19)22/h4-5,7-8,14,16-17H,3,6,9-10,12-13H2,1-2H3,(H,30,32)/b18-14+/t17-/m1/s1. The molecule has 0 unspecified atom stereocenters. The normalized spacial score (nSPS) is 15.2. The molecule has 0 aliphatic heterocycles. The van der Waals surface area contributed by atoms with Gasteiger partial charge < -0.3 is 14.6 Å². The minimum Gasteiger partial charge on any atom is -0.462 e. The number of nitrogens with zero attached hydrogens (tertiary/aromatic N) is 3. The van der Waals surface area contributed by atoms with Gasteiger partial charge in [-0.25, -0.2) is 4.79 Å². The number of esters is 1. The van der Waals surface area contributed by atoms with Gasteiger partial charge in [0.2, 0.25) is 0 Å². The number of para-hydroxylation sites is 1. The highest BCUT2D eigenvalue weighted by atomic mass is 32.1. The van der Waals surface area contributed by atoms with E-state index in [0.29, 0.717) is 29.4 Å². The maximum absolute atomic E-state index is 13.2. The van der Waals surface area contributed by atoms with Crippen LogP contribution in [-0.4, -0.2) is 23.1 Å². The van der Waals surface area contributed by atoms with E-state index in [9.17, 15) is 14.9 Å². The summed E-state index contributed by atoms with van der Waals surface area (Å²) in [5.74, 6) is -0.510. The smallest absolute Gasteiger partial charge is 0.341 e. The van der Waals surface area contributed by atoms with Gasteiger partial charge in [-0.05, 0) is 49.8 Å². The number of carbonyl (C=O) groups excluding carboxylic acids is 2. The Morgan fingerprint density at radius 1 is 1.31 bits per heavy atom. The van der Waals surface area contributed by atoms with Gasteiger partial charge >= 0.3 is 5.97 Å². The first-order chi connectivity index (χ1) is 17.0. The molecule has 1 aromatic carbocycles. The Morgan fingerprint density at radius 3 is 2.86 bits per heavy atom. The second kappa shape index (κ2) is 10.6. The molecule has 0 fully saturated rings. The van der Waals surface area contributed by atoms with Gasteiger partial charge in [0.15, 0.2) is 0 Å². The van der Waals surface area contributed by atoms with E-state index in [-0.39, 0.29) is 12.2 Å². The summed E-state index contributed by atoms with van der Waals surface area (Å²) < 4.78 is 7.23. The zero-order valence-corrected chi connectivity index (χ0v) is 20.6. The number of benzene rings is 1. The fraction of sp³-hybridized carbons (Fsp3) is 0.333. The Labute approximate surface area is 208 Å². The molecule has 4 rings (SSSR count). The summed E-state index contributed by atoms with van der Waals surface area (Å²) in [6, 6.07) is 11.8. The van der Waals surface area contributed by atoms with Crippen LogP contribution < -0.4 is 5.32 Å². The van der Waals surface area contributed by atoms with Crippen LogP contribution >= 0.6 is 11.3 Å². The molecule has 0 saturated carbocycles. The van der Waals surface area contributed by atoms with Crippen LogP contribution in [-0.2, 0) is 28.9 Å². The lowest BCUT2D eigenvalue weighted by molar-refractivity contribution is -0.112. The first kappa shape index (κ1) is 24.3. The molecule has 1 aliphatic carbocycles. The molecule has 1 atom stereocenters. The number of thiophene rings is 1. The lowest BCUT2D eigenvalue weighted by Gasteiger charge is -2.18. The van der Waals surface area contributed by atoms with E-state index in [2.05, 4.69) is 18.3 Å². The van der Waals surface area contributed by atoms with E-state index in [1.807, 2.05) is 41.1 Å². The van der Waals surface area contributed by atoms with Gasteiger partial charge in [-0.3, -0.25) is 4.79 Å². The third kappa shape index (κ3) is 4.99. The number of nitrogens with one attached hydrogen (secondary N) is 1. The predicted molar refractivity (Wildman–Crippen MR) is 136 cm³/mol. The monoisotopic (exact) mass is 486 g/mol. The Kier molecular flexibility index (Phi) is 7.33. The van der Waals surface area contributed by atoms with Crippen molar-refractivity contribution in [1.82, 2.24) is 4.57 Å². The number of anilines is 1. The molecule has 178 valence electrons. The molecule has 8 heteroatoms. The second-order valence-corrected chi connectivity index (χ2v) is 9.71. The van der Waals surface area contributed by atoms with Crippen molar-refractivity contribution in [2.75, 3.05) is 11.9 Å². The van der Waals surface area contributed by atoms with Crippen molar-refractivity contribution in [3.05, 3.63) is 57.6 Å². The molecule has 2 aromatic heterocycles. The minimum atomic E-state index is -0.571. The Morgan fingerprint density at radius 2 is 2.11 bits per heavy atom. The molecular weight excluding hydrogens is 460 g/mol. The molecule has 35 heavy (non-hydrogen) atoms. The van der Waals surface area contributed by atoms with Crippen molar-refractivity contribution in [3.63, 3.8) is 0 Å². The first-order valence-corrected chi connectivity index (χ1v) is 12.5. The summed E-state index contributed by atoms with van der Waals surface area (Å²) in [6.07, 6.45) is 6.35. The molecule has 0 bridgehead atoms. The van der Waals surface area contributed by atoms with E-state index >= 15 is 0 Å². The predicted octanol–water partition coefficient (Wildman–Crippen LogP) is 5.46. The number of rotatable bonds is 7. The third-order valence-electron chi connectivity index (χ3n) is 6.17. The van der Waals surface area contributed by atoms with Crippen molar-refractivity contribution < 1.29 is 14.3 Å². The van der Waals surface area contributed by atoms with Crippen LogP contribution in [0.3, 0.4) is 0 Å². The molecule has 1 N–H and O–H groups in total. The zero-order chi connectivity index (χ0) is 24.9. The molecule has 7 nitrogen and oxygen atoms in total. The van der Waals surface area contributed by atoms with E-state index in [1.165, 1.54) is 11.3 Å². The van der Waals surface area contributed by atoms with Gasteiger partial charge in [0.05, 0.1) is 24.7 Å². The number of aromatic nitrogens is 1. The van der Waals surface area contributed by atoms with Crippen LogP contribution in [0.1, 0.15) is 53.1 Å². The number of aryl methyl sites for hydroxylation is 1. The van der Waals surface area contributed by atoms with Crippen LogP contribution in [0.4, 0.5) is 5.00 Å². The van der Waals surface area contributed by atoms with E-state index in [4.69, 9.17) is 10.00 Å². The summed E-state index contributed by atoms with van der Waals surface area (Å²) in [4.78, 5) is 27.0. The van der Waals surface area contributed by atoms with Crippen molar-refractivity contribution in [1.29, 1.82) is 10.5 Å². The average molecular weight is 487 g/mol.